The fourth-order valence-electron chi connectivity index (χ4n) is 4.12. The second kappa shape index (κ2) is 5.92. The fourth-order valence-corrected chi connectivity index (χ4v) is 4.32. The molecule has 0 aromatic carbocycles. The van der Waals surface area contributed by atoms with Crippen molar-refractivity contribution in [2.75, 3.05) is 0 Å². The molecule has 2 unspecified atom stereocenters. The topological polar surface area (TPSA) is 43.8 Å². The molecular weight excluding hydrogens is 282 g/mol. The van der Waals surface area contributed by atoms with E-state index in [1.807, 2.05) is 11.6 Å². The summed E-state index contributed by atoms with van der Waals surface area (Å²) in [6.45, 7) is 11.9. The zero-order valence-corrected chi connectivity index (χ0v) is 14.9. The van der Waals surface area contributed by atoms with Gasteiger partial charge in [0.15, 0.2) is 0 Å². The first-order chi connectivity index (χ1) is 9.69. The summed E-state index contributed by atoms with van der Waals surface area (Å²) >= 11 is 6.50. The first-order valence-corrected chi connectivity index (χ1v) is 8.57. The number of nitrogens with zero attached hydrogens (tertiary/aromatic N) is 2. The second-order valence-electron chi connectivity index (χ2n) is 7.74. The number of halogens is 1. The monoisotopic (exact) mass is 311 g/mol. The number of rotatable bonds is 3. The maximum absolute atomic E-state index is 6.92. The highest BCUT2D eigenvalue weighted by atomic mass is 35.5. The molecule has 0 aliphatic heterocycles. The lowest BCUT2D eigenvalue weighted by atomic mass is 9.61. The molecule has 1 heterocycles. The quantitative estimate of drug-likeness (QED) is 0.902. The summed E-state index contributed by atoms with van der Waals surface area (Å²) < 4.78 is 2.03. The summed E-state index contributed by atoms with van der Waals surface area (Å²) in [4.78, 5) is 0. The molecule has 0 bridgehead atoms. The summed E-state index contributed by atoms with van der Waals surface area (Å²) in [6, 6.07) is 0. The Bertz CT molecular complexity index is 501. The van der Waals surface area contributed by atoms with Gasteiger partial charge in [-0.2, -0.15) is 5.10 Å². The van der Waals surface area contributed by atoms with E-state index in [0.29, 0.717) is 5.92 Å². The molecule has 4 heteroatoms. The highest BCUT2D eigenvalue weighted by molar-refractivity contribution is 6.31. The van der Waals surface area contributed by atoms with Gasteiger partial charge >= 0.3 is 0 Å². The highest BCUT2D eigenvalue weighted by Gasteiger charge is 2.44. The van der Waals surface area contributed by atoms with E-state index in [2.05, 4.69) is 32.8 Å². The molecule has 0 saturated heterocycles. The van der Waals surface area contributed by atoms with Gasteiger partial charge in [0, 0.05) is 18.5 Å². The van der Waals surface area contributed by atoms with Gasteiger partial charge in [0.1, 0.15) is 0 Å². The Morgan fingerprint density at radius 2 is 2.05 bits per heavy atom. The summed E-state index contributed by atoms with van der Waals surface area (Å²) in [7, 11) is 0. The number of hydrogen-bond donors (Lipinski definition) is 1. The van der Waals surface area contributed by atoms with Crippen LogP contribution in [0.5, 0.6) is 0 Å². The lowest BCUT2D eigenvalue weighted by Gasteiger charge is -2.48. The smallest absolute Gasteiger partial charge is 0.0847 e. The van der Waals surface area contributed by atoms with E-state index in [0.717, 1.165) is 35.8 Å². The second-order valence-corrected chi connectivity index (χ2v) is 8.11. The van der Waals surface area contributed by atoms with Crippen molar-refractivity contribution in [3.8, 4) is 0 Å². The third-order valence-corrected chi connectivity index (χ3v) is 5.57. The van der Waals surface area contributed by atoms with E-state index in [1.165, 1.54) is 19.3 Å². The first kappa shape index (κ1) is 16.8. The van der Waals surface area contributed by atoms with E-state index >= 15 is 0 Å². The van der Waals surface area contributed by atoms with Crippen molar-refractivity contribution in [1.82, 2.24) is 9.78 Å². The summed E-state index contributed by atoms with van der Waals surface area (Å²) in [5.74, 6) is 0.523. The van der Waals surface area contributed by atoms with Gasteiger partial charge in [-0.15, -0.1) is 0 Å². The standard InChI is InChI=1S/C17H30ClN3/c1-6-21-13(15(18)12(2)20-21)11-17(19)10-8-7-9-14(17)16(3,4)5/h14H,6-11,19H2,1-5H3. The van der Waals surface area contributed by atoms with Gasteiger partial charge in [-0.25, -0.2) is 0 Å². The van der Waals surface area contributed by atoms with Crippen LogP contribution in [0, 0.1) is 18.3 Å². The fraction of sp³-hybridized carbons (Fsp3) is 0.824. The number of hydrogen-bond acceptors (Lipinski definition) is 2. The molecule has 0 radical (unpaired) electrons. The number of aromatic nitrogens is 2. The first-order valence-electron chi connectivity index (χ1n) is 8.19. The molecule has 0 spiro atoms. The zero-order valence-electron chi connectivity index (χ0n) is 14.2. The van der Waals surface area contributed by atoms with E-state index in [-0.39, 0.29) is 11.0 Å². The molecule has 1 aliphatic carbocycles. The van der Waals surface area contributed by atoms with Crippen molar-refractivity contribution >= 4 is 11.6 Å². The number of nitrogens with two attached hydrogens (primary N) is 1. The third-order valence-electron chi connectivity index (χ3n) is 5.07. The van der Waals surface area contributed by atoms with Crippen molar-refractivity contribution in [2.24, 2.45) is 17.1 Å². The van der Waals surface area contributed by atoms with E-state index in [4.69, 9.17) is 17.3 Å². The van der Waals surface area contributed by atoms with Crippen molar-refractivity contribution in [1.29, 1.82) is 0 Å². The van der Waals surface area contributed by atoms with Crippen LogP contribution in [0.2, 0.25) is 5.02 Å². The predicted molar refractivity (Wildman–Crippen MR) is 89.7 cm³/mol. The summed E-state index contributed by atoms with van der Waals surface area (Å²) in [5.41, 5.74) is 9.02. The van der Waals surface area contributed by atoms with Crippen molar-refractivity contribution < 1.29 is 0 Å². The molecule has 1 fully saturated rings. The maximum Gasteiger partial charge on any atom is 0.0847 e. The van der Waals surface area contributed by atoms with Crippen LogP contribution in [-0.2, 0) is 13.0 Å². The van der Waals surface area contributed by atoms with Crippen LogP contribution in [0.4, 0.5) is 0 Å². The molecule has 3 nitrogen and oxygen atoms in total. The predicted octanol–water partition coefficient (Wildman–Crippen LogP) is 4.34. The van der Waals surface area contributed by atoms with E-state index < -0.39 is 0 Å². The highest BCUT2D eigenvalue weighted by Crippen LogP contribution is 2.45. The van der Waals surface area contributed by atoms with Crippen LogP contribution in [0.15, 0.2) is 0 Å². The molecule has 0 amide bonds. The lowest BCUT2D eigenvalue weighted by Crippen LogP contribution is -2.55. The molecule has 2 N–H and O–H groups in total. The largest absolute Gasteiger partial charge is 0.324 e. The average Bonchev–Trinajstić information content (AvgIpc) is 2.65. The molecule has 1 saturated carbocycles. The van der Waals surface area contributed by atoms with Crippen LogP contribution >= 0.6 is 11.6 Å². The van der Waals surface area contributed by atoms with Gasteiger partial charge in [0.2, 0.25) is 0 Å². The Morgan fingerprint density at radius 1 is 1.38 bits per heavy atom. The van der Waals surface area contributed by atoms with Crippen LogP contribution < -0.4 is 5.73 Å². The summed E-state index contributed by atoms with van der Waals surface area (Å²) in [5, 5.41) is 5.35. The molecule has 2 rings (SSSR count). The minimum Gasteiger partial charge on any atom is -0.324 e. The van der Waals surface area contributed by atoms with Gasteiger partial charge in [0.05, 0.1) is 16.4 Å². The molecule has 1 aliphatic rings. The van der Waals surface area contributed by atoms with Crippen molar-refractivity contribution in [2.45, 2.75) is 78.8 Å². The van der Waals surface area contributed by atoms with Gasteiger partial charge in [-0.1, -0.05) is 45.2 Å². The van der Waals surface area contributed by atoms with Crippen molar-refractivity contribution in [3.05, 3.63) is 16.4 Å². The van der Waals surface area contributed by atoms with Gasteiger partial charge in [-0.05, 0) is 38.0 Å². The van der Waals surface area contributed by atoms with Crippen LogP contribution in [-0.4, -0.2) is 15.3 Å². The minimum atomic E-state index is -0.167. The zero-order chi connectivity index (χ0) is 15.8. The Hall–Kier alpha value is -0.540. The van der Waals surface area contributed by atoms with E-state index in [9.17, 15) is 0 Å². The van der Waals surface area contributed by atoms with Crippen LogP contribution in [0.3, 0.4) is 0 Å². The molecular formula is C17H30ClN3. The SMILES string of the molecule is CCn1nc(C)c(Cl)c1CC1(N)CCCCC1C(C)(C)C. The molecule has 2 atom stereocenters. The molecule has 1 aromatic heterocycles. The van der Waals surface area contributed by atoms with Gasteiger partial charge in [0.25, 0.3) is 0 Å². The Labute approximate surface area is 134 Å². The summed E-state index contributed by atoms with van der Waals surface area (Å²) in [6.07, 6.45) is 5.65. The number of aryl methyl sites for hydroxylation is 2. The normalized spacial score (nSPS) is 27.1. The van der Waals surface area contributed by atoms with Gasteiger partial charge < -0.3 is 5.73 Å². The van der Waals surface area contributed by atoms with Gasteiger partial charge in [-0.3, -0.25) is 4.68 Å². The lowest BCUT2D eigenvalue weighted by molar-refractivity contribution is 0.0778. The maximum atomic E-state index is 6.92. The van der Waals surface area contributed by atoms with Crippen LogP contribution in [0.25, 0.3) is 0 Å². The minimum absolute atomic E-state index is 0.167. The van der Waals surface area contributed by atoms with Crippen LogP contribution in [0.1, 0.15) is 64.8 Å². The Morgan fingerprint density at radius 3 is 2.62 bits per heavy atom. The third kappa shape index (κ3) is 3.29. The molecule has 1 aromatic rings. The molecule has 120 valence electrons. The Balaban J connectivity index is 2.35. The van der Waals surface area contributed by atoms with Crippen molar-refractivity contribution in [3.63, 3.8) is 0 Å². The Kier molecular flexibility index (Phi) is 4.75. The van der Waals surface area contributed by atoms with E-state index in [1.54, 1.807) is 0 Å². The molecule has 21 heavy (non-hydrogen) atoms. The average molecular weight is 312 g/mol.